The first-order valence-electron chi connectivity index (χ1n) is 6.72. The molecule has 0 unspecified atom stereocenters. The number of rotatable bonds is 3. The van der Waals surface area contributed by atoms with Crippen molar-refractivity contribution in [3.05, 3.63) is 71.5 Å². The van der Waals surface area contributed by atoms with E-state index < -0.39 is 0 Å². The predicted molar refractivity (Wildman–Crippen MR) is 80.5 cm³/mol. The summed E-state index contributed by atoms with van der Waals surface area (Å²) < 4.78 is 2.06. The van der Waals surface area contributed by atoms with Gasteiger partial charge in [-0.2, -0.15) is 5.26 Å². The summed E-state index contributed by atoms with van der Waals surface area (Å²) in [6, 6.07) is 19.8. The number of hydrogen-bond acceptors (Lipinski definition) is 3. The number of benzene rings is 2. The largest absolute Gasteiger partial charge is 0.307 e. The highest BCUT2D eigenvalue weighted by Crippen LogP contribution is 2.20. The summed E-state index contributed by atoms with van der Waals surface area (Å²) in [7, 11) is 0. The molecule has 102 valence electrons. The Morgan fingerprint density at radius 3 is 2.62 bits per heavy atom. The zero-order valence-electron chi connectivity index (χ0n) is 11.7. The monoisotopic (exact) mass is 274 g/mol. The van der Waals surface area contributed by atoms with E-state index in [0.717, 1.165) is 17.2 Å². The summed E-state index contributed by atoms with van der Waals surface area (Å²) in [4.78, 5) is 0. The van der Waals surface area contributed by atoms with Crippen molar-refractivity contribution in [3.63, 3.8) is 0 Å². The van der Waals surface area contributed by atoms with E-state index in [2.05, 4.69) is 33.0 Å². The minimum Gasteiger partial charge on any atom is -0.307 e. The molecule has 1 heterocycles. The van der Waals surface area contributed by atoms with Crippen LogP contribution in [0.2, 0.25) is 0 Å². The zero-order chi connectivity index (χ0) is 14.7. The van der Waals surface area contributed by atoms with E-state index in [1.54, 1.807) is 6.07 Å². The van der Waals surface area contributed by atoms with Crippen LogP contribution < -0.4 is 0 Å². The molecule has 1 aromatic heterocycles. The van der Waals surface area contributed by atoms with Crippen molar-refractivity contribution in [2.45, 2.75) is 13.5 Å². The second-order valence-electron chi connectivity index (χ2n) is 4.84. The highest BCUT2D eigenvalue weighted by molar-refractivity contribution is 5.58. The highest BCUT2D eigenvalue weighted by Gasteiger charge is 2.11. The van der Waals surface area contributed by atoms with E-state index in [1.165, 1.54) is 5.56 Å². The quantitative estimate of drug-likeness (QED) is 0.737. The van der Waals surface area contributed by atoms with Crippen molar-refractivity contribution < 1.29 is 0 Å². The fourth-order valence-corrected chi connectivity index (χ4v) is 2.28. The van der Waals surface area contributed by atoms with Gasteiger partial charge in [0.1, 0.15) is 5.82 Å². The van der Waals surface area contributed by atoms with Gasteiger partial charge in [-0.1, -0.05) is 42.5 Å². The molecule has 0 saturated carbocycles. The number of aromatic nitrogens is 3. The molecule has 0 amide bonds. The second-order valence-corrected chi connectivity index (χ2v) is 4.84. The first-order valence-corrected chi connectivity index (χ1v) is 6.72. The molecular formula is C17H14N4. The van der Waals surface area contributed by atoms with Crippen molar-refractivity contribution in [1.29, 1.82) is 5.26 Å². The molecule has 3 aromatic rings. The molecule has 3 rings (SSSR count). The van der Waals surface area contributed by atoms with Gasteiger partial charge >= 0.3 is 0 Å². The predicted octanol–water partition coefficient (Wildman–Crippen LogP) is 3.17. The maximum absolute atomic E-state index is 9.03. The second kappa shape index (κ2) is 5.59. The normalized spacial score (nSPS) is 10.3. The Balaban J connectivity index is 2.03. The lowest BCUT2D eigenvalue weighted by molar-refractivity contribution is 0.768. The van der Waals surface area contributed by atoms with E-state index in [0.29, 0.717) is 12.1 Å². The summed E-state index contributed by atoms with van der Waals surface area (Å²) in [5, 5.41) is 17.5. The van der Waals surface area contributed by atoms with Crippen molar-refractivity contribution >= 4 is 0 Å². The maximum Gasteiger partial charge on any atom is 0.164 e. The van der Waals surface area contributed by atoms with Crippen LogP contribution in [0.3, 0.4) is 0 Å². The van der Waals surface area contributed by atoms with Crippen LogP contribution in [0.4, 0.5) is 0 Å². The molecule has 0 bridgehead atoms. The molecule has 4 heteroatoms. The average molecular weight is 274 g/mol. The molecule has 0 fully saturated rings. The van der Waals surface area contributed by atoms with Gasteiger partial charge in [0.2, 0.25) is 0 Å². The van der Waals surface area contributed by atoms with Crippen LogP contribution in [0.15, 0.2) is 54.6 Å². The SMILES string of the molecule is Cc1nnc(-c2cccc(C#N)c2)n1Cc1ccccc1. The van der Waals surface area contributed by atoms with Crippen molar-refractivity contribution in [2.75, 3.05) is 0 Å². The number of nitrogens with zero attached hydrogens (tertiary/aromatic N) is 4. The van der Waals surface area contributed by atoms with Gasteiger partial charge in [0, 0.05) is 5.56 Å². The van der Waals surface area contributed by atoms with Crippen LogP contribution >= 0.6 is 0 Å². The van der Waals surface area contributed by atoms with Crippen LogP contribution in [0.25, 0.3) is 11.4 Å². The fraction of sp³-hybridized carbons (Fsp3) is 0.118. The van der Waals surface area contributed by atoms with E-state index in [9.17, 15) is 0 Å². The summed E-state index contributed by atoms with van der Waals surface area (Å²) in [5.41, 5.74) is 2.73. The number of hydrogen-bond donors (Lipinski definition) is 0. The van der Waals surface area contributed by atoms with Crippen LogP contribution in [0.1, 0.15) is 17.0 Å². The molecule has 4 nitrogen and oxygen atoms in total. The smallest absolute Gasteiger partial charge is 0.164 e. The molecule has 0 spiro atoms. The molecule has 0 aliphatic rings. The first-order chi connectivity index (χ1) is 10.3. The fourth-order valence-electron chi connectivity index (χ4n) is 2.28. The third kappa shape index (κ3) is 2.67. The van der Waals surface area contributed by atoms with Crippen LogP contribution in [-0.4, -0.2) is 14.8 Å². The molecule has 0 atom stereocenters. The molecule has 0 N–H and O–H groups in total. The molecule has 2 aromatic carbocycles. The summed E-state index contributed by atoms with van der Waals surface area (Å²) in [6.07, 6.45) is 0. The zero-order valence-corrected chi connectivity index (χ0v) is 11.7. The molecule has 0 radical (unpaired) electrons. The lowest BCUT2D eigenvalue weighted by atomic mass is 10.1. The Bertz CT molecular complexity index is 797. The van der Waals surface area contributed by atoms with Crippen LogP contribution in [-0.2, 0) is 6.54 Å². The van der Waals surface area contributed by atoms with Gasteiger partial charge in [0.25, 0.3) is 0 Å². The van der Waals surface area contributed by atoms with Crippen molar-refractivity contribution in [2.24, 2.45) is 0 Å². The minimum absolute atomic E-state index is 0.624. The lowest BCUT2D eigenvalue weighted by Gasteiger charge is -2.09. The van der Waals surface area contributed by atoms with E-state index >= 15 is 0 Å². The topological polar surface area (TPSA) is 54.5 Å². The number of nitriles is 1. The Labute approximate surface area is 123 Å². The highest BCUT2D eigenvalue weighted by atomic mass is 15.3. The van der Waals surface area contributed by atoms with E-state index in [-0.39, 0.29) is 0 Å². The van der Waals surface area contributed by atoms with Gasteiger partial charge in [-0.3, -0.25) is 0 Å². The first kappa shape index (κ1) is 13.1. The van der Waals surface area contributed by atoms with Crippen molar-refractivity contribution in [3.8, 4) is 17.5 Å². The third-order valence-electron chi connectivity index (χ3n) is 3.37. The van der Waals surface area contributed by atoms with Crippen LogP contribution in [0, 0.1) is 18.3 Å². The Hall–Kier alpha value is -2.93. The standard InChI is InChI=1S/C17H14N4/c1-13-19-20-17(16-9-5-8-15(10-16)11-18)21(13)12-14-6-3-2-4-7-14/h2-10H,12H2,1H3. The summed E-state index contributed by atoms with van der Waals surface area (Å²) in [5.74, 6) is 1.64. The van der Waals surface area contributed by atoms with Gasteiger partial charge in [0.05, 0.1) is 18.2 Å². The minimum atomic E-state index is 0.624. The summed E-state index contributed by atoms with van der Waals surface area (Å²) in [6.45, 7) is 2.65. The molecular weight excluding hydrogens is 260 g/mol. The van der Waals surface area contributed by atoms with Crippen LogP contribution in [0.5, 0.6) is 0 Å². The molecule has 21 heavy (non-hydrogen) atoms. The van der Waals surface area contributed by atoms with E-state index in [4.69, 9.17) is 5.26 Å². The molecule has 0 aliphatic heterocycles. The Kier molecular flexibility index (Phi) is 3.48. The number of aryl methyl sites for hydroxylation is 1. The van der Waals surface area contributed by atoms with Gasteiger partial charge in [-0.15, -0.1) is 10.2 Å². The van der Waals surface area contributed by atoms with Gasteiger partial charge < -0.3 is 4.57 Å². The molecule has 0 saturated heterocycles. The third-order valence-corrected chi connectivity index (χ3v) is 3.37. The van der Waals surface area contributed by atoms with Gasteiger partial charge in [-0.25, -0.2) is 0 Å². The summed E-state index contributed by atoms with van der Waals surface area (Å²) >= 11 is 0. The average Bonchev–Trinajstić information content (AvgIpc) is 2.89. The van der Waals surface area contributed by atoms with E-state index in [1.807, 2.05) is 43.3 Å². The van der Waals surface area contributed by atoms with Gasteiger partial charge in [-0.05, 0) is 24.6 Å². The Morgan fingerprint density at radius 2 is 1.86 bits per heavy atom. The lowest BCUT2D eigenvalue weighted by Crippen LogP contribution is -2.04. The Morgan fingerprint density at radius 1 is 1.05 bits per heavy atom. The van der Waals surface area contributed by atoms with Crippen molar-refractivity contribution in [1.82, 2.24) is 14.8 Å². The van der Waals surface area contributed by atoms with Gasteiger partial charge in [0.15, 0.2) is 5.82 Å². The molecule has 0 aliphatic carbocycles. The maximum atomic E-state index is 9.03.